The predicted molar refractivity (Wildman–Crippen MR) is 123 cm³/mol. The van der Waals surface area contributed by atoms with Gasteiger partial charge in [0.1, 0.15) is 23.9 Å². The first kappa shape index (κ1) is 22.3. The van der Waals surface area contributed by atoms with E-state index in [0.29, 0.717) is 45.1 Å². The van der Waals surface area contributed by atoms with Crippen molar-refractivity contribution < 1.29 is 18.3 Å². The number of aromatic amines is 1. The summed E-state index contributed by atoms with van der Waals surface area (Å²) in [5.41, 5.74) is 9.68. The van der Waals surface area contributed by atoms with E-state index in [2.05, 4.69) is 20.1 Å². The molecule has 0 aliphatic rings. The molecule has 0 aliphatic heterocycles. The van der Waals surface area contributed by atoms with Gasteiger partial charge in [0.05, 0.1) is 29.8 Å². The number of nitrogen functional groups attached to an aromatic ring is 1. The number of anilines is 1. The van der Waals surface area contributed by atoms with Gasteiger partial charge >= 0.3 is 11.6 Å². The largest absolute Gasteiger partial charge is 0.428 e. The van der Waals surface area contributed by atoms with Crippen molar-refractivity contribution in [2.75, 3.05) is 5.73 Å². The number of fused-ring (bicyclic) bond motifs is 1. The third kappa shape index (κ3) is 4.13. The van der Waals surface area contributed by atoms with Crippen LogP contribution in [0.15, 0.2) is 59.5 Å². The molecule has 0 radical (unpaired) electrons. The summed E-state index contributed by atoms with van der Waals surface area (Å²) in [5, 5.41) is 12.8. The van der Waals surface area contributed by atoms with Gasteiger partial charge in [-0.15, -0.1) is 9.38 Å². The summed E-state index contributed by atoms with van der Waals surface area (Å²) in [4.78, 5) is 26.1. The van der Waals surface area contributed by atoms with Crippen LogP contribution in [0.3, 0.4) is 0 Å². The SMILES string of the molecule is Cc1cc(-c2c(-c3ccc(F)cc3)nc(N)[n+]3c(=O)n(Cc4ccc(F)cn4)[nH]c23)cc(CO)n1. The van der Waals surface area contributed by atoms with Gasteiger partial charge in [-0.25, -0.2) is 18.7 Å². The van der Waals surface area contributed by atoms with Crippen LogP contribution in [0.1, 0.15) is 17.1 Å². The van der Waals surface area contributed by atoms with Crippen molar-refractivity contribution in [3.05, 3.63) is 93.9 Å². The molecular weight excluding hydrogens is 456 g/mol. The molecule has 0 amide bonds. The first-order chi connectivity index (χ1) is 16.8. The summed E-state index contributed by atoms with van der Waals surface area (Å²) in [6.45, 7) is 1.53. The van der Waals surface area contributed by atoms with E-state index >= 15 is 0 Å². The number of pyridine rings is 2. The fraction of sp³-hybridized carbons (Fsp3) is 0.125. The van der Waals surface area contributed by atoms with E-state index in [0.717, 1.165) is 6.20 Å². The minimum atomic E-state index is -0.504. The summed E-state index contributed by atoms with van der Waals surface area (Å²) in [6.07, 6.45) is 1.07. The topological polar surface area (TPSA) is 127 Å². The van der Waals surface area contributed by atoms with Crippen LogP contribution >= 0.6 is 0 Å². The van der Waals surface area contributed by atoms with E-state index < -0.39 is 17.3 Å². The molecule has 0 aliphatic carbocycles. The van der Waals surface area contributed by atoms with E-state index in [4.69, 9.17) is 5.73 Å². The van der Waals surface area contributed by atoms with Crippen molar-refractivity contribution in [2.24, 2.45) is 0 Å². The average Bonchev–Trinajstić information content (AvgIpc) is 3.16. The maximum Gasteiger partial charge on any atom is 0.428 e. The van der Waals surface area contributed by atoms with E-state index in [9.17, 15) is 18.7 Å². The number of hydrogen-bond donors (Lipinski definition) is 3. The van der Waals surface area contributed by atoms with Crippen LogP contribution in [0, 0.1) is 18.6 Å². The lowest BCUT2D eigenvalue weighted by Gasteiger charge is -2.10. The quantitative estimate of drug-likeness (QED) is 0.334. The highest BCUT2D eigenvalue weighted by atomic mass is 19.1. The predicted octanol–water partition coefficient (Wildman–Crippen LogP) is 2.14. The molecule has 1 aromatic carbocycles. The molecule has 0 bridgehead atoms. The van der Waals surface area contributed by atoms with E-state index in [1.807, 2.05) is 0 Å². The second-order valence-electron chi connectivity index (χ2n) is 7.98. The van der Waals surface area contributed by atoms with Crippen LogP contribution in [-0.4, -0.2) is 29.8 Å². The van der Waals surface area contributed by atoms with Crippen molar-refractivity contribution in [3.8, 4) is 22.4 Å². The number of aliphatic hydroxyl groups is 1. The summed E-state index contributed by atoms with van der Waals surface area (Å²) >= 11 is 0. The third-order valence-corrected chi connectivity index (χ3v) is 5.50. The molecule has 11 heteroatoms. The van der Waals surface area contributed by atoms with Gasteiger partial charge in [0.15, 0.2) is 0 Å². The maximum atomic E-state index is 13.6. The lowest BCUT2D eigenvalue weighted by molar-refractivity contribution is -0.516. The number of aromatic nitrogens is 6. The maximum absolute atomic E-state index is 13.6. The van der Waals surface area contributed by atoms with Gasteiger partial charge in [0.25, 0.3) is 0 Å². The Hall–Kier alpha value is -4.51. The third-order valence-electron chi connectivity index (χ3n) is 5.50. The van der Waals surface area contributed by atoms with Gasteiger partial charge in [0, 0.05) is 11.3 Å². The minimum Gasteiger partial charge on any atom is -0.390 e. The van der Waals surface area contributed by atoms with Gasteiger partial charge in [0.2, 0.25) is 5.65 Å². The Labute approximate surface area is 197 Å². The molecule has 0 spiro atoms. The van der Waals surface area contributed by atoms with Gasteiger partial charge in [-0.2, -0.15) is 4.68 Å². The Morgan fingerprint density at radius 2 is 1.77 bits per heavy atom. The Morgan fingerprint density at radius 1 is 1.03 bits per heavy atom. The van der Waals surface area contributed by atoms with Crippen LogP contribution in [0.2, 0.25) is 0 Å². The summed E-state index contributed by atoms with van der Waals surface area (Å²) in [7, 11) is 0. The monoisotopic (exact) mass is 476 g/mol. The fourth-order valence-electron chi connectivity index (χ4n) is 3.98. The number of rotatable bonds is 5. The Kier molecular flexibility index (Phi) is 5.53. The van der Waals surface area contributed by atoms with Crippen LogP contribution in [-0.2, 0) is 13.2 Å². The van der Waals surface area contributed by atoms with Gasteiger partial charge < -0.3 is 10.8 Å². The minimum absolute atomic E-state index is 0.0306. The zero-order chi connectivity index (χ0) is 24.7. The van der Waals surface area contributed by atoms with Crippen LogP contribution in [0.5, 0.6) is 0 Å². The van der Waals surface area contributed by atoms with Crippen molar-refractivity contribution in [1.82, 2.24) is 24.7 Å². The molecule has 4 aromatic heterocycles. The number of nitrogens with one attached hydrogen (secondary N) is 1. The molecule has 0 atom stereocenters. The Bertz CT molecular complexity index is 1610. The fourth-order valence-corrected chi connectivity index (χ4v) is 3.98. The molecule has 9 nitrogen and oxygen atoms in total. The molecule has 5 aromatic rings. The van der Waals surface area contributed by atoms with Crippen molar-refractivity contribution in [3.63, 3.8) is 0 Å². The molecular formula is C24H20F2N7O2+. The number of aliphatic hydroxyl groups excluding tert-OH is 1. The molecule has 4 N–H and O–H groups in total. The zero-order valence-electron chi connectivity index (χ0n) is 18.5. The molecule has 4 heterocycles. The van der Waals surface area contributed by atoms with Gasteiger partial charge in [-0.05, 0) is 61.0 Å². The first-order valence-electron chi connectivity index (χ1n) is 10.6. The van der Waals surface area contributed by atoms with Gasteiger partial charge in [-0.3, -0.25) is 9.97 Å². The molecule has 0 saturated heterocycles. The normalized spacial score (nSPS) is 11.3. The highest BCUT2D eigenvalue weighted by Crippen LogP contribution is 2.33. The van der Waals surface area contributed by atoms with E-state index in [1.165, 1.54) is 33.3 Å². The van der Waals surface area contributed by atoms with Crippen molar-refractivity contribution in [2.45, 2.75) is 20.1 Å². The molecule has 5 rings (SSSR count). The number of hydrogen-bond acceptors (Lipinski definition) is 6. The van der Waals surface area contributed by atoms with Crippen molar-refractivity contribution >= 4 is 11.6 Å². The second kappa shape index (κ2) is 8.69. The number of nitrogens with zero attached hydrogens (tertiary/aromatic N) is 5. The lowest BCUT2D eigenvalue weighted by atomic mass is 9.99. The number of aryl methyl sites for hydroxylation is 1. The summed E-state index contributed by atoms with van der Waals surface area (Å²) in [6, 6.07) is 11.9. The zero-order valence-corrected chi connectivity index (χ0v) is 18.5. The molecule has 0 unspecified atom stereocenters. The highest BCUT2D eigenvalue weighted by Gasteiger charge is 2.26. The average molecular weight is 476 g/mol. The standard InChI is InChI=1S/C24H19F2N7O2/c1-13-8-15(9-19(12-34)29-13)20-21(14-2-4-16(25)5-3-14)30-23(27)33-22(20)31-32(24(33)35)11-18-7-6-17(26)10-28-18/h2-10,34H,11-12H2,1H3,(H2,27,29,30,31)/p+1. The second-order valence-corrected chi connectivity index (χ2v) is 7.98. The number of halogens is 2. The Morgan fingerprint density at radius 3 is 2.46 bits per heavy atom. The Balaban J connectivity index is 1.81. The van der Waals surface area contributed by atoms with Crippen molar-refractivity contribution in [1.29, 1.82) is 0 Å². The number of nitrogens with two attached hydrogens (primary N) is 1. The summed E-state index contributed by atoms with van der Waals surface area (Å²) < 4.78 is 29.4. The first-order valence-corrected chi connectivity index (χ1v) is 10.6. The summed E-state index contributed by atoms with van der Waals surface area (Å²) in [5.74, 6) is -0.977. The molecule has 0 fully saturated rings. The molecule has 35 heavy (non-hydrogen) atoms. The van der Waals surface area contributed by atoms with Gasteiger partial charge in [-0.1, -0.05) is 0 Å². The van der Waals surface area contributed by atoms with E-state index in [-0.39, 0.29) is 19.1 Å². The highest BCUT2D eigenvalue weighted by molar-refractivity contribution is 5.88. The van der Waals surface area contributed by atoms with Crippen LogP contribution in [0.25, 0.3) is 28.0 Å². The number of benzene rings is 1. The van der Waals surface area contributed by atoms with Crippen LogP contribution < -0.4 is 15.8 Å². The number of H-pyrrole nitrogens is 1. The lowest BCUT2D eigenvalue weighted by Crippen LogP contribution is -2.44. The molecule has 176 valence electrons. The smallest absolute Gasteiger partial charge is 0.390 e. The molecule has 0 saturated carbocycles. The van der Waals surface area contributed by atoms with E-state index in [1.54, 1.807) is 31.2 Å². The van der Waals surface area contributed by atoms with Crippen LogP contribution in [0.4, 0.5) is 14.7 Å².